The Hall–Kier alpha value is -3.14. The number of rotatable bonds is 12. The Labute approximate surface area is 182 Å². The van der Waals surface area contributed by atoms with E-state index in [0.29, 0.717) is 23.8 Å². The summed E-state index contributed by atoms with van der Waals surface area (Å²) in [6.45, 7) is 1.72. The molecule has 1 heterocycles. The van der Waals surface area contributed by atoms with Crippen LogP contribution in [0.2, 0.25) is 0 Å². The van der Waals surface area contributed by atoms with E-state index < -0.39 is 0 Å². The first-order valence-corrected chi connectivity index (χ1v) is 9.79. The van der Waals surface area contributed by atoms with Gasteiger partial charge in [0.1, 0.15) is 18.1 Å². The SMILES string of the molecule is COCOc1ccc(-c2cn(-c3ccc(OCCN(C)C)cc3)nn2)cc1OCOC. The number of ether oxygens (including phenoxy) is 5. The zero-order valence-corrected chi connectivity index (χ0v) is 18.3. The molecule has 0 radical (unpaired) electrons. The highest BCUT2D eigenvalue weighted by molar-refractivity contribution is 5.63. The minimum absolute atomic E-state index is 0.0997. The molecular weight excluding hydrogens is 400 g/mol. The average molecular weight is 428 g/mol. The summed E-state index contributed by atoms with van der Waals surface area (Å²) in [5.41, 5.74) is 2.42. The molecule has 0 N–H and O–H groups in total. The number of methoxy groups -OCH3 is 2. The van der Waals surface area contributed by atoms with Gasteiger partial charge in [-0.3, -0.25) is 0 Å². The van der Waals surface area contributed by atoms with Crippen LogP contribution in [-0.4, -0.2) is 74.9 Å². The average Bonchev–Trinajstić information content (AvgIpc) is 3.27. The summed E-state index contributed by atoms with van der Waals surface area (Å²) in [5.74, 6) is 1.91. The summed E-state index contributed by atoms with van der Waals surface area (Å²) in [5, 5.41) is 8.54. The van der Waals surface area contributed by atoms with Crippen molar-refractivity contribution >= 4 is 0 Å². The van der Waals surface area contributed by atoms with E-state index in [4.69, 9.17) is 23.7 Å². The molecule has 0 aliphatic carbocycles. The van der Waals surface area contributed by atoms with E-state index >= 15 is 0 Å². The molecule has 2 aromatic carbocycles. The first kappa shape index (κ1) is 22.5. The van der Waals surface area contributed by atoms with Crippen LogP contribution in [0.25, 0.3) is 16.9 Å². The molecule has 0 amide bonds. The van der Waals surface area contributed by atoms with Crippen LogP contribution in [0.4, 0.5) is 0 Å². The second-order valence-corrected chi connectivity index (χ2v) is 6.96. The van der Waals surface area contributed by atoms with Gasteiger partial charge in [0.2, 0.25) is 0 Å². The van der Waals surface area contributed by atoms with Crippen LogP contribution in [0.5, 0.6) is 17.2 Å². The summed E-state index contributed by atoms with van der Waals surface area (Å²) in [6.07, 6.45) is 1.85. The topological polar surface area (TPSA) is 80.1 Å². The van der Waals surface area contributed by atoms with E-state index in [2.05, 4.69) is 15.2 Å². The molecule has 3 rings (SSSR count). The Morgan fingerprint density at radius 1 is 0.871 bits per heavy atom. The Kier molecular flexibility index (Phi) is 8.22. The number of benzene rings is 2. The molecule has 166 valence electrons. The quantitative estimate of drug-likeness (QED) is 0.408. The lowest BCUT2D eigenvalue weighted by Gasteiger charge is -2.12. The monoisotopic (exact) mass is 428 g/mol. The van der Waals surface area contributed by atoms with E-state index in [-0.39, 0.29) is 13.6 Å². The normalized spacial score (nSPS) is 11.0. The highest BCUT2D eigenvalue weighted by Gasteiger charge is 2.12. The first-order chi connectivity index (χ1) is 15.1. The molecule has 0 unspecified atom stereocenters. The van der Waals surface area contributed by atoms with Gasteiger partial charge < -0.3 is 28.6 Å². The first-order valence-electron chi connectivity index (χ1n) is 9.79. The smallest absolute Gasteiger partial charge is 0.188 e. The second kappa shape index (κ2) is 11.3. The third-order valence-corrected chi connectivity index (χ3v) is 4.31. The van der Waals surface area contributed by atoms with Gasteiger partial charge in [0.05, 0.1) is 11.9 Å². The van der Waals surface area contributed by atoms with E-state index in [1.165, 1.54) is 0 Å². The standard InChI is InChI=1S/C22H28N4O5/c1-25(2)11-12-29-19-8-6-18(7-9-19)26-14-20(23-24-26)17-5-10-21(30-15-27-3)22(13-17)31-16-28-4/h5-10,13-14H,11-12,15-16H2,1-4H3. The zero-order chi connectivity index (χ0) is 22.1. The van der Waals surface area contributed by atoms with Gasteiger partial charge in [-0.2, -0.15) is 0 Å². The van der Waals surface area contributed by atoms with Crippen LogP contribution in [0.15, 0.2) is 48.7 Å². The predicted octanol–water partition coefficient (Wildman–Crippen LogP) is 2.84. The molecule has 0 atom stereocenters. The number of hydrogen-bond donors (Lipinski definition) is 0. The van der Waals surface area contributed by atoms with E-state index in [9.17, 15) is 0 Å². The molecule has 9 nitrogen and oxygen atoms in total. The van der Waals surface area contributed by atoms with Gasteiger partial charge >= 0.3 is 0 Å². The lowest BCUT2D eigenvalue weighted by atomic mass is 10.1. The lowest BCUT2D eigenvalue weighted by molar-refractivity contribution is 0.0323. The fraction of sp³-hybridized carbons (Fsp3) is 0.364. The number of likely N-dealkylation sites (N-methyl/N-ethyl adjacent to an activating group) is 1. The minimum Gasteiger partial charge on any atom is -0.492 e. The maximum atomic E-state index is 5.73. The summed E-state index contributed by atoms with van der Waals surface area (Å²) >= 11 is 0. The molecular formula is C22H28N4O5. The molecule has 0 fully saturated rings. The van der Waals surface area contributed by atoms with Crippen molar-refractivity contribution in [1.29, 1.82) is 0 Å². The Balaban J connectivity index is 1.73. The van der Waals surface area contributed by atoms with Crippen molar-refractivity contribution in [3.05, 3.63) is 48.7 Å². The van der Waals surface area contributed by atoms with Gasteiger partial charge in [-0.1, -0.05) is 5.21 Å². The van der Waals surface area contributed by atoms with E-state index in [0.717, 1.165) is 23.5 Å². The Morgan fingerprint density at radius 3 is 2.26 bits per heavy atom. The largest absolute Gasteiger partial charge is 0.492 e. The van der Waals surface area contributed by atoms with Crippen molar-refractivity contribution in [1.82, 2.24) is 19.9 Å². The van der Waals surface area contributed by atoms with Gasteiger partial charge in [0.25, 0.3) is 0 Å². The van der Waals surface area contributed by atoms with Crippen molar-refractivity contribution < 1.29 is 23.7 Å². The van der Waals surface area contributed by atoms with Crippen molar-refractivity contribution in [3.63, 3.8) is 0 Å². The predicted molar refractivity (Wildman–Crippen MR) is 116 cm³/mol. The maximum absolute atomic E-state index is 5.73. The van der Waals surface area contributed by atoms with Gasteiger partial charge in [-0.25, -0.2) is 4.68 Å². The molecule has 9 heteroatoms. The second-order valence-electron chi connectivity index (χ2n) is 6.96. The van der Waals surface area contributed by atoms with Gasteiger partial charge in [0, 0.05) is 26.3 Å². The van der Waals surface area contributed by atoms with Crippen molar-refractivity contribution in [2.45, 2.75) is 0 Å². The molecule has 3 aromatic rings. The number of aromatic nitrogens is 3. The third-order valence-electron chi connectivity index (χ3n) is 4.31. The van der Waals surface area contributed by atoms with Gasteiger partial charge in [0.15, 0.2) is 25.1 Å². The molecule has 0 saturated heterocycles. The molecule has 0 spiro atoms. The summed E-state index contributed by atoms with van der Waals surface area (Å²) in [6, 6.07) is 13.3. The summed E-state index contributed by atoms with van der Waals surface area (Å²) in [4.78, 5) is 2.08. The highest BCUT2D eigenvalue weighted by Crippen LogP contribution is 2.32. The van der Waals surface area contributed by atoms with Crippen LogP contribution < -0.4 is 14.2 Å². The molecule has 31 heavy (non-hydrogen) atoms. The highest BCUT2D eigenvalue weighted by atomic mass is 16.7. The Bertz CT molecular complexity index is 943. The third kappa shape index (κ3) is 6.42. The van der Waals surface area contributed by atoms with Crippen LogP contribution in [-0.2, 0) is 9.47 Å². The van der Waals surface area contributed by atoms with Crippen LogP contribution in [0.3, 0.4) is 0 Å². The number of hydrogen-bond acceptors (Lipinski definition) is 8. The fourth-order valence-electron chi connectivity index (χ4n) is 2.71. The van der Waals surface area contributed by atoms with E-state index in [1.807, 2.05) is 56.7 Å². The van der Waals surface area contributed by atoms with Crippen LogP contribution >= 0.6 is 0 Å². The van der Waals surface area contributed by atoms with Crippen molar-refractivity contribution in [3.8, 4) is 34.2 Å². The molecule has 0 bridgehead atoms. The molecule has 0 aliphatic heterocycles. The van der Waals surface area contributed by atoms with Crippen LogP contribution in [0, 0.1) is 0 Å². The van der Waals surface area contributed by atoms with Crippen molar-refractivity contribution in [2.24, 2.45) is 0 Å². The van der Waals surface area contributed by atoms with Crippen LogP contribution in [0.1, 0.15) is 0 Å². The minimum atomic E-state index is 0.0997. The number of nitrogens with zero attached hydrogens (tertiary/aromatic N) is 4. The fourth-order valence-corrected chi connectivity index (χ4v) is 2.71. The zero-order valence-electron chi connectivity index (χ0n) is 18.3. The van der Waals surface area contributed by atoms with Gasteiger partial charge in [-0.05, 0) is 56.6 Å². The van der Waals surface area contributed by atoms with Gasteiger partial charge in [-0.15, -0.1) is 5.10 Å². The summed E-state index contributed by atoms with van der Waals surface area (Å²) < 4.78 is 28.6. The Morgan fingerprint density at radius 2 is 1.58 bits per heavy atom. The molecule has 0 aliphatic rings. The summed E-state index contributed by atoms with van der Waals surface area (Å²) in [7, 11) is 7.15. The van der Waals surface area contributed by atoms with E-state index in [1.54, 1.807) is 25.0 Å². The maximum Gasteiger partial charge on any atom is 0.188 e. The van der Waals surface area contributed by atoms with Crippen molar-refractivity contribution in [2.75, 3.05) is 55.1 Å². The molecule has 1 aromatic heterocycles. The lowest BCUT2D eigenvalue weighted by Crippen LogP contribution is -2.19. The molecule has 0 saturated carbocycles.